The molecule has 29 heavy (non-hydrogen) atoms. The minimum absolute atomic E-state index is 0.295. The average Bonchev–Trinajstić information content (AvgIpc) is 2.76. The fourth-order valence-electron chi connectivity index (χ4n) is 2.84. The number of amides is 1. The zero-order chi connectivity index (χ0) is 20.3. The number of hydrogen-bond acceptors (Lipinski definition) is 7. The Balaban J connectivity index is 1.55. The van der Waals surface area contributed by atoms with Crippen LogP contribution in [-0.2, 0) is 4.74 Å². The lowest BCUT2D eigenvalue weighted by atomic mass is 10.2. The molecular formula is C21H26N4O4. The van der Waals surface area contributed by atoms with Gasteiger partial charge in [-0.05, 0) is 42.8 Å². The van der Waals surface area contributed by atoms with Crippen LogP contribution in [0, 0.1) is 0 Å². The highest BCUT2D eigenvalue weighted by Gasteiger charge is 2.11. The second kappa shape index (κ2) is 11.1. The SMILES string of the molecule is CCOc1cc(/C=N/NC(=O)c2ccncc2)ccc1OCCN1CCOCC1. The molecule has 1 aromatic heterocycles. The van der Waals surface area contributed by atoms with E-state index in [1.54, 1.807) is 30.7 Å². The first kappa shape index (κ1) is 20.8. The highest BCUT2D eigenvalue weighted by atomic mass is 16.5. The second-order valence-electron chi connectivity index (χ2n) is 6.38. The van der Waals surface area contributed by atoms with Gasteiger partial charge in [-0.3, -0.25) is 14.7 Å². The Labute approximate surface area is 170 Å². The number of aromatic nitrogens is 1. The highest BCUT2D eigenvalue weighted by molar-refractivity contribution is 5.94. The molecule has 3 rings (SSSR count). The third kappa shape index (κ3) is 6.55. The first-order valence-electron chi connectivity index (χ1n) is 9.69. The summed E-state index contributed by atoms with van der Waals surface area (Å²) in [6.45, 7) is 7.29. The maximum Gasteiger partial charge on any atom is 0.271 e. The number of hydrogen-bond donors (Lipinski definition) is 1. The molecule has 8 nitrogen and oxygen atoms in total. The quantitative estimate of drug-likeness (QED) is 0.513. The number of carbonyl (C=O) groups excluding carboxylic acids is 1. The van der Waals surface area contributed by atoms with Crippen molar-refractivity contribution in [3.8, 4) is 11.5 Å². The fraction of sp³-hybridized carbons (Fsp3) is 0.381. The molecule has 0 atom stereocenters. The Kier molecular flexibility index (Phi) is 7.97. The summed E-state index contributed by atoms with van der Waals surface area (Å²) in [5.74, 6) is 1.05. The van der Waals surface area contributed by atoms with E-state index >= 15 is 0 Å². The second-order valence-corrected chi connectivity index (χ2v) is 6.38. The van der Waals surface area contributed by atoms with Gasteiger partial charge >= 0.3 is 0 Å². The molecule has 0 unspecified atom stereocenters. The Morgan fingerprint density at radius 3 is 2.76 bits per heavy atom. The normalized spacial score (nSPS) is 14.7. The van der Waals surface area contributed by atoms with E-state index in [2.05, 4.69) is 20.4 Å². The predicted molar refractivity (Wildman–Crippen MR) is 110 cm³/mol. The molecule has 2 aromatic rings. The van der Waals surface area contributed by atoms with E-state index in [0.29, 0.717) is 30.3 Å². The van der Waals surface area contributed by atoms with E-state index < -0.39 is 0 Å². The molecule has 0 bridgehead atoms. The maximum atomic E-state index is 12.0. The van der Waals surface area contributed by atoms with Crippen LogP contribution in [0.15, 0.2) is 47.8 Å². The summed E-state index contributed by atoms with van der Waals surface area (Å²) in [5, 5.41) is 4.01. The molecule has 0 spiro atoms. The number of morpholine rings is 1. The van der Waals surface area contributed by atoms with Gasteiger partial charge in [0.05, 0.1) is 26.0 Å². The van der Waals surface area contributed by atoms with E-state index in [1.165, 1.54) is 0 Å². The van der Waals surface area contributed by atoms with Crippen LogP contribution in [0.1, 0.15) is 22.8 Å². The number of rotatable bonds is 9. The van der Waals surface area contributed by atoms with Crippen LogP contribution in [0.5, 0.6) is 11.5 Å². The molecule has 2 heterocycles. The van der Waals surface area contributed by atoms with Gasteiger partial charge in [0, 0.05) is 37.6 Å². The van der Waals surface area contributed by atoms with Crippen molar-refractivity contribution < 1.29 is 19.0 Å². The van der Waals surface area contributed by atoms with Crippen LogP contribution in [0.25, 0.3) is 0 Å². The van der Waals surface area contributed by atoms with E-state index in [1.807, 2.05) is 25.1 Å². The summed E-state index contributed by atoms with van der Waals surface area (Å²) in [4.78, 5) is 18.2. The van der Waals surface area contributed by atoms with Gasteiger partial charge in [-0.15, -0.1) is 0 Å². The minimum Gasteiger partial charge on any atom is -0.490 e. The van der Waals surface area contributed by atoms with Crippen molar-refractivity contribution in [2.24, 2.45) is 5.10 Å². The molecule has 1 saturated heterocycles. The summed E-state index contributed by atoms with van der Waals surface area (Å²) in [6.07, 6.45) is 4.69. The lowest BCUT2D eigenvalue weighted by molar-refractivity contribution is 0.0321. The van der Waals surface area contributed by atoms with Crippen LogP contribution < -0.4 is 14.9 Å². The number of nitrogens with one attached hydrogen (secondary N) is 1. The van der Waals surface area contributed by atoms with Gasteiger partial charge < -0.3 is 14.2 Å². The monoisotopic (exact) mass is 398 g/mol. The van der Waals surface area contributed by atoms with Crippen LogP contribution in [0.4, 0.5) is 0 Å². The Morgan fingerprint density at radius 2 is 2.00 bits per heavy atom. The lowest BCUT2D eigenvalue weighted by Crippen LogP contribution is -2.38. The molecule has 1 amide bonds. The molecule has 1 aliphatic heterocycles. The standard InChI is InChI=1S/C21H26N4O4/c1-2-28-20-15-17(16-23-24-21(26)18-5-7-22-8-6-18)3-4-19(20)29-14-11-25-9-12-27-13-10-25/h3-8,15-16H,2,9-14H2,1H3,(H,24,26)/b23-16+. The number of benzene rings is 1. The average molecular weight is 398 g/mol. The first-order chi connectivity index (χ1) is 14.3. The fourth-order valence-corrected chi connectivity index (χ4v) is 2.84. The third-order valence-electron chi connectivity index (χ3n) is 4.36. The van der Waals surface area contributed by atoms with Gasteiger partial charge in [-0.25, -0.2) is 5.43 Å². The summed E-state index contributed by atoms with van der Waals surface area (Å²) >= 11 is 0. The molecule has 0 saturated carbocycles. The summed E-state index contributed by atoms with van der Waals surface area (Å²) in [5.41, 5.74) is 3.79. The highest BCUT2D eigenvalue weighted by Crippen LogP contribution is 2.28. The van der Waals surface area contributed by atoms with Crippen molar-refractivity contribution in [1.29, 1.82) is 0 Å². The van der Waals surface area contributed by atoms with Crippen molar-refractivity contribution in [3.63, 3.8) is 0 Å². The molecule has 1 aliphatic rings. The molecule has 1 fully saturated rings. The summed E-state index contributed by atoms with van der Waals surface area (Å²) in [7, 11) is 0. The largest absolute Gasteiger partial charge is 0.490 e. The number of hydrazone groups is 1. The van der Waals surface area contributed by atoms with E-state index in [0.717, 1.165) is 38.4 Å². The van der Waals surface area contributed by atoms with Gasteiger partial charge in [-0.2, -0.15) is 5.10 Å². The van der Waals surface area contributed by atoms with Gasteiger partial charge in [0.2, 0.25) is 0 Å². The van der Waals surface area contributed by atoms with Crippen LogP contribution in [0.2, 0.25) is 0 Å². The Hall–Kier alpha value is -2.97. The van der Waals surface area contributed by atoms with Crippen molar-refractivity contribution in [2.75, 3.05) is 46.1 Å². The van der Waals surface area contributed by atoms with Crippen molar-refractivity contribution in [2.45, 2.75) is 6.92 Å². The molecule has 1 aromatic carbocycles. The van der Waals surface area contributed by atoms with Crippen LogP contribution in [-0.4, -0.2) is 68.1 Å². The van der Waals surface area contributed by atoms with Crippen molar-refractivity contribution >= 4 is 12.1 Å². The molecule has 1 N–H and O–H groups in total. The molecule has 0 radical (unpaired) electrons. The smallest absolute Gasteiger partial charge is 0.271 e. The number of ether oxygens (including phenoxy) is 3. The van der Waals surface area contributed by atoms with E-state index in [4.69, 9.17) is 14.2 Å². The molecule has 154 valence electrons. The topological polar surface area (TPSA) is 85.3 Å². The third-order valence-corrected chi connectivity index (χ3v) is 4.36. The van der Waals surface area contributed by atoms with Gasteiger partial charge in [0.1, 0.15) is 6.61 Å². The Bertz CT molecular complexity index is 808. The lowest BCUT2D eigenvalue weighted by Gasteiger charge is -2.26. The Morgan fingerprint density at radius 1 is 1.21 bits per heavy atom. The van der Waals surface area contributed by atoms with Crippen LogP contribution >= 0.6 is 0 Å². The summed E-state index contributed by atoms with van der Waals surface area (Å²) < 4.78 is 17.0. The van der Waals surface area contributed by atoms with Crippen molar-refractivity contribution in [1.82, 2.24) is 15.3 Å². The van der Waals surface area contributed by atoms with Crippen molar-refractivity contribution in [3.05, 3.63) is 53.9 Å². The molecular weight excluding hydrogens is 372 g/mol. The summed E-state index contributed by atoms with van der Waals surface area (Å²) in [6, 6.07) is 8.82. The number of carbonyl (C=O) groups is 1. The minimum atomic E-state index is -0.295. The predicted octanol–water partition coefficient (Wildman–Crippen LogP) is 1.96. The number of pyridine rings is 1. The first-order valence-corrected chi connectivity index (χ1v) is 9.69. The van der Waals surface area contributed by atoms with E-state index in [-0.39, 0.29) is 5.91 Å². The van der Waals surface area contributed by atoms with Crippen LogP contribution in [0.3, 0.4) is 0 Å². The zero-order valence-electron chi connectivity index (χ0n) is 16.5. The van der Waals surface area contributed by atoms with Gasteiger partial charge in [0.15, 0.2) is 11.5 Å². The number of nitrogens with zero attached hydrogens (tertiary/aromatic N) is 3. The van der Waals surface area contributed by atoms with Gasteiger partial charge in [-0.1, -0.05) is 0 Å². The molecule has 0 aliphatic carbocycles. The molecule has 8 heteroatoms. The van der Waals surface area contributed by atoms with E-state index in [9.17, 15) is 4.79 Å². The van der Waals surface area contributed by atoms with Gasteiger partial charge in [0.25, 0.3) is 5.91 Å². The zero-order valence-corrected chi connectivity index (χ0v) is 16.5. The maximum absolute atomic E-state index is 12.0.